The molecule has 1 unspecified atom stereocenters. The molecular weight excluding hydrogens is 260 g/mol. The van der Waals surface area contributed by atoms with Crippen molar-refractivity contribution < 1.29 is 4.79 Å². The zero-order valence-electron chi connectivity index (χ0n) is 13.2. The Hall–Kier alpha value is -1.35. The van der Waals surface area contributed by atoms with E-state index >= 15 is 0 Å². The Bertz CT molecular complexity index is 532. The van der Waals surface area contributed by atoms with Gasteiger partial charge in [-0.15, -0.1) is 0 Å². The van der Waals surface area contributed by atoms with Gasteiger partial charge < -0.3 is 10.6 Å². The number of carbonyl (C=O) groups excluding carboxylic acids is 1. The number of amides is 1. The Morgan fingerprint density at radius 2 is 1.95 bits per heavy atom. The SMILES string of the molecule is CNC(c1ccc2c(c1)CCCC(=O)N2)C1(C)CCCC1. The number of anilines is 1. The Labute approximate surface area is 127 Å². The van der Waals surface area contributed by atoms with Gasteiger partial charge in [0.05, 0.1) is 0 Å². The molecule has 1 saturated carbocycles. The van der Waals surface area contributed by atoms with Crippen molar-refractivity contribution in [1.29, 1.82) is 0 Å². The fourth-order valence-electron chi connectivity index (χ4n) is 4.16. The van der Waals surface area contributed by atoms with E-state index in [9.17, 15) is 4.79 Å². The van der Waals surface area contributed by atoms with Crippen molar-refractivity contribution in [2.75, 3.05) is 12.4 Å². The van der Waals surface area contributed by atoms with Crippen LogP contribution in [-0.2, 0) is 11.2 Å². The number of benzene rings is 1. The first-order valence-electron chi connectivity index (χ1n) is 8.22. The molecule has 114 valence electrons. The maximum atomic E-state index is 11.7. The monoisotopic (exact) mass is 286 g/mol. The van der Waals surface area contributed by atoms with Gasteiger partial charge in [0, 0.05) is 18.2 Å². The summed E-state index contributed by atoms with van der Waals surface area (Å²) in [6, 6.07) is 7.00. The smallest absolute Gasteiger partial charge is 0.224 e. The highest BCUT2D eigenvalue weighted by molar-refractivity contribution is 5.92. The van der Waals surface area contributed by atoms with Crippen LogP contribution in [0, 0.1) is 5.41 Å². The van der Waals surface area contributed by atoms with Crippen LogP contribution in [0.3, 0.4) is 0 Å². The number of nitrogens with one attached hydrogen (secondary N) is 2. The predicted octanol–water partition coefficient (Wildman–Crippen LogP) is 3.80. The van der Waals surface area contributed by atoms with Gasteiger partial charge in [-0.05, 0) is 55.3 Å². The predicted molar refractivity (Wildman–Crippen MR) is 86.4 cm³/mol. The van der Waals surface area contributed by atoms with Gasteiger partial charge in [0.15, 0.2) is 0 Å². The number of hydrogen-bond donors (Lipinski definition) is 2. The van der Waals surface area contributed by atoms with Crippen molar-refractivity contribution in [3.8, 4) is 0 Å². The molecule has 1 aliphatic heterocycles. The van der Waals surface area contributed by atoms with E-state index in [4.69, 9.17) is 0 Å². The summed E-state index contributed by atoms with van der Waals surface area (Å²) in [6.45, 7) is 2.41. The summed E-state index contributed by atoms with van der Waals surface area (Å²) in [7, 11) is 2.07. The molecule has 2 aliphatic rings. The van der Waals surface area contributed by atoms with Crippen LogP contribution < -0.4 is 10.6 Å². The van der Waals surface area contributed by atoms with E-state index in [0.717, 1.165) is 18.5 Å². The zero-order chi connectivity index (χ0) is 14.9. The highest BCUT2D eigenvalue weighted by atomic mass is 16.1. The van der Waals surface area contributed by atoms with Gasteiger partial charge in [-0.1, -0.05) is 31.9 Å². The topological polar surface area (TPSA) is 41.1 Å². The maximum Gasteiger partial charge on any atom is 0.224 e. The third-order valence-electron chi connectivity index (χ3n) is 5.32. The fraction of sp³-hybridized carbons (Fsp3) is 0.611. The Morgan fingerprint density at radius 3 is 2.67 bits per heavy atom. The quantitative estimate of drug-likeness (QED) is 0.887. The maximum absolute atomic E-state index is 11.7. The van der Waals surface area contributed by atoms with Crippen molar-refractivity contribution >= 4 is 11.6 Å². The van der Waals surface area contributed by atoms with Crippen LogP contribution in [0.2, 0.25) is 0 Å². The average molecular weight is 286 g/mol. The Morgan fingerprint density at radius 1 is 1.19 bits per heavy atom. The second-order valence-electron chi connectivity index (χ2n) is 6.90. The number of rotatable bonds is 3. The molecule has 1 aromatic carbocycles. The van der Waals surface area contributed by atoms with E-state index in [1.54, 1.807) is 0 Å². The van der Waals surface area contributed by atoms with Gasteiger partial charge in [-0.25, -0.2) is 0 Å². The minimum atomic E-state index is 0.148. The highest BCUT2D eigenvalue weighted by Crippen LogP contribution is 2.47. The third-order valence-corrected chi connectivity index (χ3v) is 5.32. The van der Waals surface area contributed by atoms with E-state index < -0.39 is 0 Å². The van der Waals surface area contributed by atoms with Crippen LogP contribution in [-0.4, -0.2) is 13.0 Å². The second kappa shape index (κ2) is 5.80. The number of carbonyl (C=O) groups is 1. The minimum Gasteiger partial charge on any atom is -0.326 e. The molecule has 0 aromatic heterocycles. The molecule has 0 radical (unpaired) electrons. The molecule has 0 spiro atoms. The molecule has 2 N–H and O–H groups in total. The summed E-state index contributed by atoms with van der Waals surface area (Å²) in [5.41, 5.74) is 4.03. The van der Waals surface area contributed by atoms with E-state index in [1.165, 1.54) is 36.8 Å². The molecule has 1 amide bonds. The van der Waals surface area contributed by atoms with Crippen molar-refractivity contribution in [2.45, 2.75) is 57.9 Å². The first-order chi connectivity index (χ1) is 10.1. The zero-order valence-corrected chi connectivity index (χ0v) is 13.2. The molecule has 0 saturated heterocycles. The molecule has 0 bridgehead atoms. The molecule has 1 aromatic rings. The normalized spacial score (nSPS) is 22.3. The molecule has 3 heteroatoms. The van der Waals surface area contributed by atoms with Gasteiger partial charge in [0.25, 0.3) is 0 Å². The van der Waals surface area contributed by atoms with E-state index in [-0.39, 0.29) is 5.91 Å². The molecule has 3 nitrogen and oxygen atoms in total. The summed E-state index contributed by atoms with van der Waals surface area (Å²) >= 11 is 0. The number of aryl methyl sites for hydroxylation is 1. The van der Waals surface area contributed by atoms with Crippen molar-refractivity contribution in [1.82, 2.24) is 5.32 Å². The van der Waals surface area contributed by atoms with Gasteiger partial charge in [0.2, 0.25) is 5.91 Å². The van der Waals surface area contributed by atoms with Crippen LogP contribution in [0.25, 0.3) is 0 Å². The largest absolute Gasteiger partial charge is 0.326 e. The number of hydrogen-bond acceptors (Lipinski definition) is 2. The van der Waals surface area contributed by atoms with E-state index in [1.807, 2.05) is 0 Å². The molecular formula is C18H26N2O. The molecule has 1 aliphatic carbocycles. The standard InChI is InChI=1S/C18H26N2O/c1-18(10-3-4-11-18)17(19-2)14-8-9-15-13(12-14)6-5-7-16(21)20-15/h8-9,12,17,19H,3-7,10-11H2,1-2H3,(H,20,21). The van der Waals surface area contributed by atoms with Crippen LogP contribution in [0.4, 0.5) is 5.69 Å². The lowest BCUT2D eigenvalue weighted by Crippen LogP contribution is -2.32. The van der Waals surface area contributed by atoms with Crippen molar-refractivity contribution in [3.05, 3.63) is 29.3 Å². The Kier molecular flexibility index (Phi) is 4.03. The molecule has 1 atom stereocenters. The van der Waals surface area contributed by atoms with Gasteiger partial charge in [0.1, 0.15) is 0 Å². The molecule has 21 heavy (non-hydrogen) atoms. The fourth-order valence-corrected chi connectivity index (χ4v) is 4.16. The molecule has 3 rings (SSSR count). The van der Waals surface area contributed by atoms with Gasteiger partial charge >= 0.3 is 0 Å². The van der Waals surface area contributed by atoms with E-state index in [0.29, 0.717) is 17.9 Å². The first-order valence-corrected chi connectivity index (χ1v) is 8.22. The molecule has 1 heterocycles. The summed E-state index contributed by atoms with van der Waals surface area (Å²) in [6.07, 6.45) is 7.86. The van der Waals surface area contributed by atoms with Crippen LogP contribution in [0.15, 0.2) is 18.2 Å². The summed E-state index contributed by atoms with van der Waals surface area (Å²) in [5, 5.41) is 6.57. The van der Waals surface area contributed by atoms with Crippen LogP contribution in [0.5, 0.6) is 0 Å². The second-order valence-corrected chi connectivity index (χ2v) is 6.90. The van der Waals surface area contributed by atoms with Crippen LogP contribution >= 0.6 is 0 Å². The van der Waals surface area contributed by atoms with E-state index in [2.05, 4.69) is 42.8 Å². The summed E-state index contributed by atoms with van der Waals surface area (Å²) in [5.74, 6) is 0.148. The summed E-state index contributed by atoms with van der Waals surface area (Å²) in [4.78, 5) is 11.7. The highest BCUT2D eigenvalue weighted by Gasteiger charge is 2.37. The van der Waals surface area contributed by atoms with Gasteiger partial charge in [-0.2, -0.15) is 0 Å². The van der Waals surface area contributed by atoms with Gasteiger partial charge in [-0.3, -0.25) is 4.79 Å². The van der Waals surface area contributed by atoms with Crippen molar-refractivity contribution in [2.24, 2.45) is 5.41 Å². The van der Waals surface area contributed by atoms with Crippen LogP contribution in [0.1, 0.15) is 62.6 Å². The first kappa shape index (κ1) is 14.6. The average Bonchev–Trinajstić information content (AvgIpc) is 2.80. The third kappa shape index (κ3) is 2.84. The Balaban J connectivity index is 1.91. The lowest BCUT2D eigenvalue weighted by molar-refractivity contribution is -0.116. The lowest BCUT2D eigenvalue weighted by atomic mass is 9.77. The minimum absolute atomic E-state index is 0.148. The summed E-state index contributed by atoms with van der Waals surface area (Å²) < 4.78 is 0. The number of fused-ring (bicyclic) bond motifs is 1. The molecule has 1 fully saturated rings. The van der Waals surface area contributed by atoms with Crippen molar-refractivity contribution in [3.63, 3.8) is 0 Å². The lowest BCUT2D eigenvalue weighted by Gasteiger charge is -2.34.